The maximum atomic E-state index is 4.40. The maximum Gasteiger partial charge on any atom is 0.191 e. The molecule has 0 unspecified atom stereocenters. The molecule has 2 heterocycles. The Morgan fingerprint density at radius 3 is 2.21 bits per heavy atom. The van der Waals surface area contributed by atoms with Crippen molar-refractivity contribution >= 4 is 5.96 Å². The molecule has 0 aromatic carbocycles. The van der Waals surface area contributed by atoms with Gasteiger partial charge in [0, 0.05) is 71.5 Å². The normalized spacial score (nSPS) is 23.0. The number of rotatable bonds is 6. The van der Waals surface area contributed by atoms with Crippen LogP contribution in [0.5, 0.6) is 0 Å². The molecule has 0 atom stereocenters. The van der Waals surface area contributed by atoms with Gasteiger partial charge in [0.25, 0.3) is 0 Å². The Bertz CT molecular complexity index is 368. The van der Waals surface area contributed by atoms with Gasteiger partial charge in [0.15, 0.2) is 5.96 Å². The summed E-state index contributed by atoms with van der Waals surface area (Å²) in [6.07, 6.45) is 2.41. The molecule has 0 amide bonds. The van der Waals surface area contributed by atoms with Crippen molar-refractivity contribution in [1.29, 1.82) is 0 Å². The van der Waals surface area contributed by atoms with E-state index in [0.29, 0.717) is 12.1 Å². The monoisotopic (exact) mass is 338 g/mol. The van der Waals surface area contributed by atoms with Crippen molar-refractivity contribution in [3.63, 3.8) is 0 Å². The van der Waals surface area contributed by atoms with E-state index in [1.165, 1.54) is 58.7 Å². The molecule has 6 heteroatoms. The average Bonchev–Trinajstić information content (AvgIpc) is 2.61. The fourth-order valence-electron chi connectivity index (χ4n) is 3.61. The van der Waals surface area contributed by atoms with E-state index < -0.39 is 0 Å². The summed E-state index contributed by atoms with van der Waals surface area (Å²) < 4.78 is 0. The zero-order valence-corrected chi connectivity index (χ0v) is 16.2. The predicted octanol–water partition coefficient (Wildman–Crippen LogP) is 0.662. The molecular weight excluding hydrogens is 300 g/mol. The molecule has 0 saturated carbocycles. The number of hydrogen-bond donors (Lipinski definition) is 2. The van der Waals surface area contributed by atoms with Crippen molar-refractivity contribution in [3.8, 4) is 0 Å². The Balaban J connectivity index is 1.61. The molecule has 2 N–H and O–H groups in total. The van der Waals surface area contributed by atoms with Gasteiger partial charge >= 0.3 is 0 Å². The van der Waals surface area contributed by atoms with Crippen molar-refractivity contribution < 1.29 is 0 Å². The van der Waals surface area contributed by atoms with Crippen LogP contribution < -0.4 is 10.6 Å². The van der Waals surface area contributed by atoms with E-state index in [0.717, 1.165) is 19.0 Å². The van der Waals surface area contributed by atoms with Crippen LogP contribution in [0.3, 0.4) is 0 Å². The van der Waals surface area contributed by atoms with Gasteiger partial charge in [-0.3, -0.25) is 9.89 Å². The standard InChI is InChI=1S/C18H38N6/c1-5-22-12-14-23(15-13-22)11-8-20-18(19-4)21-17-6-9-24(10-7-17)16(2)3/h16-17H,5-15H2,1-4H3,(H2,19,20,21). The third-order valence-electron chi connectivity index (χ3n) is 5.46. The minimum atomic E-state index is 0.555. The lowest BCUT2D eigenvalue weighted by Gasteiger charge is -2.36. The van der Waals surface area contributed by atoms with Gasteiger partial charge in [0.05, 0.1) is 0 Å². The van der Waals surface area contributed by atoms with Crippen LogP contribution in [0.15, 0.2) is 4.99 Å². The lowest BCUT2D eigenvalue weighted by atomic mass is 10.0. The van der Waals surface area contributed by atoms with E-state index in [1.54, 1.807) is 0 Å². The van der Waals surface area contributed by atoms with Crippen LogP contribution in [0.4, 0.5) is 0 Å². The van der Waals surface area contributed by atoms with Crippen LogP contribution in [0.25, 0.3) is 0 Å². The Labute approximate surface area is 148 Å². The summed E-state index contributed by atoms with van der Waals surface area (Å²) in [5.74, 6) is 0.963. The first kappa shape index (κ1) is 19.5. The first-order valence-electron chi connectivity index (χ1n) is 9.78. The van der Waals surface area contributed by atoms with Crippen LogP contribution in [-0.4, -0.2) is 98.7 Å². The number of nitrogens with zero attached hydrogens (tertiary/aromatic N) is 4. The zero-order chi connectivity index (χ0) is 17.4. The van der Waals surface area contributed by atoms with Crippen LogP contribution in [0.2, 0.25) is 0 Å². The third kappa shape index (κ3) is 6.22. The number of nitrogens with one attached hydrogen (secondary N) is 2. The van der Waals surface area contributed by atoms with Gasteiger partial charge in [-0.25, -0.2) is 0 Å². The van der Waals surface area contributed by atoms with Crippen LogP contribution in [0.1, 0.15) is 33.6 Å². The number of guanidine groups is 1. The Hall–Kier alpha value is -0.850. The molecule has 0 spiro atoms. The number of hydrogen-bond acceptors (Lipinski definition) is 4. The minimum absolute atomic E-state index is 0.555. The lowest BCUT2D eigenvalue weighted by Crippen LogP contribution is -2.52. The second kappa shape index (κ2) is 10.2. The molecule has 2 saturated heterocycles. The summed E-state index contributed by atoms with van der Waals surface area (Å²) >= 11 is 0. The minimum Gasteiger partial charge on any atom is -0.355 e. The van der Waals surface area contributed by atoms with E-state index in [-0.39, 0.29) is 0 Å². The second-order valence-corrected chi connectivity index (χ2v) is 7.32. The average molecular weight is 339 g/mol. The first-order chi connectivity index (χ1) is 11.6. The van der Waals surface area contributed by atoms with Gasteiger partial charge in [0.2, 0.25) is 0 Å². The van der Waals surface area contributed by atoms with Gasteiger partial charge in [-0.15, -0.1) is 0 Å². The predicted molar refractivity (Wildman–Crippen MR) is 103 cm³/mol. The van der Waals surface area contributed by atoms with Gasteiger partial charge in [0.1, 0.15) is 0 Å². The topological polar surface area (TPSA) is 46.1 Å². The van der Waals surface area contributed by atoms with Crippen LogP contribution >= 0.6 is 0 Å². The van der Waals surface area contributed by atoms with Gasteiger partial charge in [-0.2, -0.15) is 0 Å². The lowest BCUT2D eigenvalue weighted by molar-refractivity contribution is 0.139. The molecule has 140 valence electrons. The van der Waals surface area contributed by atoms with E-state index >= 15 is 0 Å². The van der Waals surface area contributed by atoms with Crippen LogP contribution in [-0.2, 0) is 0 Å². The van der Waals surface area contributed by atoms with Crippen molar-refractivity contribution in [2.45, 2.75) is 45.7 Å². The molecule has 24 heavy (non-hydrogen) atoms. The number of likely N-dealkylation sites (tertiary alicyclic amines) is 1. The number of aliphatic imine (C=N–C) groups is 1. The third-order valence-corrected chi connectivity index (χ3v) is 5.46. The van der Waals surface area contributed by atoms with Crippen molar-refractivity contribution in [3.05, 3.63) is 0 Å². The van der Waals surface area contributed by atoms with Crippen molar-refractivity contribution in [2.75, 3.05) is 66.0 Å². The Morgan fingerprint density at radius 1 is 1.04 bits per heavy atom. The van der Waals surface area contributed by atoms with Gasteiger partial charge < -0.3 is 20.4 Å². The van der Waals surface area contributed by atoms with Gasteiger partial charge in [-0.05, 0) is 33.2 Å². The molecule has 0 aromatic rings. The number of piperazine rings is 1. The molecule has 0 radical (unpaired) electrons. The molecule has 0 aliphatic carbocycles. The summed E-state index contributed by atoms with van der Waals surface area (Å²) in [5.41, 5.74) is 0. The first-order valence-corrected chi connectivity index (χ1v) is 9.78. The van der Waals surface area contributed by atoms with E-state index in [2.05, 4.69) is 51.1 Å². The quantitative estimate of drug-likeness (QED) is 0.550. The number of piperidine rings is 1. The molecule has 2 rings (SSSR count). The summed E-state index contributed by atoms with van der Waals surface area (Å²) in [7, 11) is 1.87. The smallest absolute Gasteiger partial charge is 0.191 e. The van der Waals surface area contributed by atoms with Crippen LogP contribution in [0, 0.1) is 0 Å². The number of likely N-dealkylation sites (N-methyl/N-ethyl adjacent to an activating group) is 1. The molecule has 0 aromatic heterocycles. The highest BCUT2D eigenvalue weighted by atomic mass is 15.3. The summed E-state index contributed by atoms with van der Waals surface area (Å²) in [5, 5.41) is 7.10. The van der Waals surface area contributed by atoms with E-state index in [4.69, 9.17) is 0 Å². The molecular formula is C18H38N6. The van der Waals surface area contributed by atoms with E-state index in [1.807, 2.05) is 7.05 Å². The summed E-state index contributed by atoms with van der Waals surface area (Å²) in [6.45, 7) is 17.2. The molecule has 0 bridgehead atoms. The van der Waals surface area contributed by atoms with E-state index in [9.17, 15) is 0 Å². The second-order valence-electron chi connectivity index (χ2n) is 7.32. The molecule has 2 fully saturated rings. The fourth-order valence-corrected chi connectivity index (χ4v) is 3.61. The maximum absolute atomic E-state index is 4.40. The highest BCUT2D eigenvalue weighted by Gasteiger charge is 2.21. The Morgan fingerprint density at radius 2 is 1.67 bits per heavy atom. The van der Waals surface area contributed by atoms with Crippen molar-refractivity contribution in [1.82, 2.24) is 25.3 Å². The fraction of sp³-hybridized carbons (Fsp3) is 0.944. The highest BCUT2D eigenvalue weighted by Crippen LogP contribution is 2.12. The van der Waals surface area contributed by atoms with Crippen molar-refractivity contribution in [2.24, 2.45) is 4.99 Å². The SMILES string of the molecule is CCN1CCN(CCNC(=NC)NC2CCN(C(C)C)CC2)CC1. The highest BCUT2D eigenvalue weighted by molar-refractivity contribution is 5.79. The zero-order valence-electron chi connectivity index (χ0n) is 16.2. The summed E-state index contributed by atoms with van der Waals surface area (Å²) in [4.78, 5) is 12.0. The molecule has 2 aliphatic heterocycles. The largest absolute Gasteiger partial charge is 0.355 e. The Kier molecular flexibility index (Phi) is 8.29. The molecule has 6 nitrogen and oxygen atoms in total. The summed E-state index contributed by atoms with van der Waals surface area (Å²) in [6, 6.07) is 1.22. The van der Waals surface area contributed by atoms with Gasteiger partial charge in [-0.1, -0.05) is 6.92 Å². The molecule has 2 aliphatic rings.